The van der Waals surface area contributed by atoms with E-state index in [1.54, 1.807) is 18.4 Å². The zero-order chi connectivity index (χ0) is 14.8. The van der Waals surface area contributed by atoms with Crippen LogP contribution < -0.4 is 10.1 Å². The minimum Gasteiger partial charge on any atom is -0.484 e. The van der Waals surface area contributed by atoms with E-state index in [4.69, 9.17) is 32.4 Å². The number of hydrogen-bond acceptors (Lipinski definition) is 3. The number of furan rings is 1. The number of hydrogen-bond donors (Lipinski definition) is 1. The molecule has 1 N–H and O–H groups in total. The number of benzene rings is 1. The molecular formula is C15H14BrCl2NO2. The quantitative estimate of drug-likeness (QED) is 0.690. The molecule has 0 aliphatic heterocycles. The van der Waals surface area contributed by atoms with Crippen LogP contribution in [0.1, 0.15) is 24.2 Å². The summed E-state index contributed by atoms with van der Waals surface area (Å²) in [6, 6.07) is 6.04. The molecule has 1 saturated carbocycles. The van der Waals surface area contributed by atoms with E-state index in [1.807, 2.05) is 6.07 Å². The third-order valence-electron chi connectivity index (χ3n) is 3.33. The van der Waals surface area contributed by atoms with E-state index in [9.17, 15) is 0 Å². The van der Waals surface area contributed by atoms with Crippen LogP contribution in [0.4, 0.5) is 0 Å². The van der Waals surface area contributed by atoms with Crippen molar-refractivity contribution >= 4 is 39.1 Å². The van der Waals surface area contributed by atoms with Gasteiger partial charge in [-0.3, -0.25) is 0 Å². The molecule has 0 saturated heterocycles. The van der Waals surface area contributed by atoms with Crippen molar-refractivity contribution < 1.29 is 9.15 Å². The Kier molecular flexibility index (Phi) is 4.79. The molecule has 3 nitrogen and oxygen atoms in total. The van der Waals surface area contributed by atoms with Gasteiger partial charge >= 0.3 is 0 Å². The molecule has 0 radical (unpaired) electrons. The van der Waals surface area contributed by atoms with Gasteiger partial charge in [-0.1, -0.05) is 23.2 Å². The van der Waals surface area contributed by atoms with Crippen molar-refractivity contribution in [1.29, 1.82) is 0 Å². The molecule has 1 heterocycles. The van der Waals surface area contributed by atoms with Crippen LogP contribution in [0.2, 0.25) is 10.0 Å². The maximum atomic E-state index is 6.14. The highest BCUT2D eigenvalue weighted by Gasteiger charge is 2.21. The van der Waals surface area contributed by atoms with Crippen molar-refractivity contribution in [3.63, 3.8) is 0 Å². The average molecular weight is 391 g/mol. The molecule has 3 rings (SSSR count). The first-order valence-corrected chi connectivity index (χ1v) is 8.24. The highest BCUT2D eigenvalue weighted by molar-refractivity contribution is 9.10. The normalized spacial score (nSPS) is 14.4. The SMILES string of the molecule is Clc1cc(OCc2occc2CNC2CC2)c(Cl)cc1Br. The second-order valence-corrected chi connectivity index (χ2v) is 6.68. The van der Waals surface area contributed by atoms with Crippen LogP contribution >= 0.6 is 39.1 Å². The molecule has 112 valence electrons. The van der Waals surface area contributed by atoms with Gasteiger partial charge in [-0.25, -0.2) is 0 Å². The van der Waals surface area contributed by atoms with Crippen molar-refractivity contribution in [3.8, 4) is 5.75 Å². The Morgan fingerprint density at radius 2 is 2.10 bits per heavy atom. The first kappa shape index (κ1) is 15.2. The van der Waals surface area contributed by atoms with Gasteiger partial charge < -0.3 is 14.5 Å². The second kappa shape index (κ2) is 6.61. The van der Waals surface area contributed by atoms with Crippen LogP contribution in [0, 0.1) is 0 Å². The summed E-state index contributed by atoms with van der Waals surface area (Å²) in [7, 11) is 0. The zero-order valence-corrected chi connectivity index (χ0v) is 14.3. The average Bonchev–Trinajstić information content (AvgIpc) is 3.18. The molecule has 0 spiro atoms. The van der Waals surface area contributed by atoms with Gasteiger partial charge in [0.2, 0.25) is 0 Å². The molecule has 0 unspecified atom stereocenters. The monoisotopic (exact) mass is 389 g/mol. The van der Waals surface area contributed by atoms with E-state index in [2.05, 4.69) is 21.2 Å². The Balaban J connectivity index is 1.64. The Morgan fingerprint density at radius 3 is 2.86 bits per heavy atom. The van der Waals surface area contributed by atoms with Crippen molar-refractivity contribution in [2.75, 3.05) is 0 Å². The lowest BCUT2D eigenvalue weighted by Gasteiger charge is -2.09. The topological polar surface area (TPSA) is 34.4 Å². The van der Waals surface area contributed by atoms with Crippen LogP contribution in [0.5, 0.6) is 5.75 Å². The van der Waals surface area contributed by atoms with Crippen molar-refractivity contribution in [2.24, 2.45) is 0 Å². The summed E-state index contributed by atoms with van der Waals surface area (Å²) >= 11 is 15.5. The molecule has 1 aliphatic carbocycles. The molecule has 1 aromatic carbocycles. The van der Waals surface area contributed by atoms with E-state index < -0.39 is 0 Å². The number of ether oxygens (including phenoxy) is 1. The van der Waals surface area contributed by atoms with E-state index in [-0.39, 0.29) is 0 Å². The largest absolute Gasteiger partial charge is 0.484 e. The first-order valence-electron chi connectivity index (χ1n) is 6.69. The van der Waals surface area contributed by atoms with Gasteiger partial charge in [0, 0.05) is 28.7 Å². The maximum absolute atomic E-state index is 6.14. The Bertz CT molecular complexity index is 641. The third-order valence-corrected chi connectivity index (χ3v) is 4.82. The molecule has 1 fully saturated rings. The fourth-order valence-electron chi connectivity index (χ4n) is 1.95. The van der Waals surface area contributed by atoms with Crippen molar-refractivity contribution in [2.45, 2.75) is 32.0 Å². The fraction of sp³-hybridized carbons (Fsp3) is 0.333. The van der Waals surface area contributed by atoms with Crippen LogP contribution in [0.15, 0.2) is 33.4 Å². The van der Waals surface area contributed by atoms with Gasteiger partial charge in [-0.15, -0.1) is 0 Å². The standard InChI is InChI=1S/C15H14BrCl2NO2/c16-11-5-13(18)14(6-12(11)17)21-8-15-9(3-4-20-15)7-19-10-1-2-10/h3-6,10,19H,1-2,7-8H2. The molecule has 6 heteroatoms. The fourth-order valence-corrected chi connectivity index (χ4v) is 2.80. The molecule has 1 aliphatic rings. The zero-order valence-electron chi connectivity index (χ0n) is 11.2. The van der Waals surface area contributed by atoms with Gasteiger partial charge in [0.25, 0.3) is 0 Å². The minimum atomic E-state index is 0.326. The Labute approximate surface area is 141 Å². The van der Waals surface area contributed by atoms with Crippen LogP contribution in [0.3, 0.4) is 0 Å². The summed E-state index contributed by atoms with van der Waals surface area (Å²) in [5.74, 6) is 1.35. The van der Waals surface area contributed by atoms with Gasteiger partial charge in [-0.05, 0) is 40.9 Å². The molecule has 2 aromatic rings. The van der Waals surface area contributed by atoms with Gasteiger partial charge in [-0.2, -0.15) is 0 Å². The van der Waals surface area contributed by atoms with Crippen LogP contribution in [-0.2, 0) is 13.2 Å². The molecule has 21 heavy (non-hydrogen) atoms. The van der Waals surface area contributed by atoms with E-state index in [0.29, 0.717) is 28.4 Å². The first-order chi connectivity index (χ1) is 10.1. The summed E-state index contributed by atoms with van der Waals surface area (Å²) in [5.41, 5.74) is 1.11. The molecule has 0 atom stereocenters. The lowest BCUT2D eigenvalue weighted by Crippen LogP contribution is -2.16. The number of rotatable bonds is 6. The Morgan fingerprint density at radius 1 is 1.29 bits per heavy atom. The summed E-state index contributed by atoms with van der Waals surface area (Å²) in [5, 5.41) is 4.53. The number of nitrogens with one attached hydrogen (secondary N) is 1. The molecule has 1 aromatic heterocycles. The number of halogens is 3. The molecule has 0 bridgehead atoms. The van der Waals surface area contributed by atoms with Crippen molar-refractivity contribution in [3.05, 3.63) is 50.3 Å². The minimum absolute atomic E-state index is 0.326. The highest BCUT2D eigenvalue weighted by atomic mass is 79.9. The van der Waals surface area contributed by atoms with Crippen molar-refractivity contribution in [1.82, 2.24) is 5.32 Å². The van der Waals surface area contributed by atoms with E-state index in [1.165, 1.54) is 12.8 Å². The summed E-state index contributed by atoms with van der Waals surface area (Å²) < 4.78 is 11.9. The lowest BCUT2D eigenvalue weighted by atomic mass is 10.2. The maximum Gasteiger partial charge on any atom is 0.146 e. The summed E-state index contributed by atoms with van der Waals surface area (Å²) in [6.07, 6.45) is 4.20. The summed E-state index contributed by atoms with van der Waals surface area (Å²) in [6.45, 7) is 1.13. The predicted octanol–water partition coefficient (Wildman–Crippen LogP) is 5.18. The van der Waals surface area contributed by atoms with E-state index >= 15 is 0 Å². The van der Waals surface area contributed by atoms with Gasteiger partial charge in [0.05, 0.1) is 16.3 Å². The smallest absolute Gasteiger partial charge is 0.146 e. The summed E-state index contributed by atoms with van der Waals surface area (Å²) in [4.78, 5) is 0. The second-order valence-electron chi connectivity index (χ2n) is 5.01. The van der Waals surface area contributed by atoms with Gasteiger partial charge in [0.15, 0.2) is 0 Å². The molecule has 0 amide bonds. The van der Waals surface area contributed by atoms with E-state index in [0.717, 1.165) is 22.3 Å². The lowest BCUT2D eigenvalue weighted by molar-refractivity contribution is 0.268. The van der Waals surface area contributed by atoms with Crippen LogP contribution in [0.25, 0.3) is 0 Å². The molecular weight excluding hydrogens is 377 g/mol. The highest BCUT2D eigenvalue weighted by Crippen LogP contribution is 2.34. The van der Waals surface area contributed by atoms with Gasteiger partial charge in [0.1, 0.15) is 18.1 Å². The Hall–Kier alpha value is -0.680. The predicted molar refractivity (Wildman–Crippen MR) is 87.1 cm³/mol. The van der Waals surface area contributed by atoms with Crippen LogP contribution in [-0.4, -0.2) is 6.04 Å². The third kappa shape index (κ3) is 3.95.